The van der Waals surface area contributed by atoms with E-state index in [9.17, 15) is 19.4 Å². The maximum Gasteiger partial charge on any atom is 0.251 e. The number of pyridine rings is 1. The monoisotopic (exact) mass is 538 g/mol. The molecule has 0 radical (unpaired) electrons. The van der Waals surface area contributed by atoms with Gasteiger partial charge in [0.25, 0.3) is 5.91 Å². The van der Waals surface area contributed by atoms with E-state index >= 15 is 0 Å². The molecule has 0 spiro atoms. The predicted octanol–water partition coefficient (Wildman–Crippen LogP) is 4.67. The molecular formula is C28H28ClFN4O4. The van der Waals surface area contributed by atoms with E-state index in [0.29, 0.717) is 39.0 Å². The highest BCUT2D eigenvalue weighted by Crippen LogP contribution is 2.37. The molecule has 2 aromatic heterocycles. The first-order valence-corrected chi connectivity index (χ1v) is 12.2. The van der Waals surface area contributed by atoms with Crippen LogP contribution >= 0.6 is 11.6 Å². The molecule has 2 heterocycles. The maximum atomic E-state index is 13.5. The van der Waals surface area contributed by atoms with Gasteiger partial charge < -0.3 is 20.3 Å². The summed E-state index contributed by atoms with van der Waals surface area (Å²) in [6.07, 6.45) is 0. The highest BCUT2D eigenvalue weighted by Gasteiger charge is 2.31. The third-order valence-electron chi connectivity index (χ3n) is 6.14. The molecule has 0 aliphatic rings. The number of rotatable bonds is 7. The number of ether oxygens (including phenoxy) is 1. The van der Waals surface area contributed by atoms with Gasteiger partial charge in [-0.15, -0.1) is 5.10 Å². The summed E-state index contributed by atoms with van der Waals surface area (Å²) in [5.41, 5.74) is -0.233. The van der Waals surface area contributed by atoms with Crippen molar-refractivity contribution in [2.24, 2.45) is 0 Å². The number of amides is 1. The molecule has 0 fully saturated rings. The minimum atomic E-state index is -1.65. The summed E-state index contributed by atoms with van der Waals surface area (Å²) in [5, 5.41) is 33.9. The van der Waals surface area contributed by atoms with Crippen LogP contribution in [0.15, 0.2) is 48.5 Å². The maximum absolute atomic E-state index is 13.5. The average molecular weight is 539 g/mol. The molecule has 0 saturated carbocycles. The topological polar surface area (TPSA) is 117 Å². The summed E-state index contributed by atoms with van der Waals surface area (Å²) in [7, 11) is 1.48. The van der Waals surface area contributed by atoms with Crippen LogP contribution in [0.5, 0.6) is 5.75 Å². The Kier molecular flexibility index (Phi) is 7.38. The van der Waals surface area contributed by atoms with Gasteiger partial charge in [-0.05, 0) is 76.2 Å². The number of hydrogen-bond donors (Lipinski definition) is 3. The van der Waals surface area contributed by atoms with Gasteiger partial charge in [-0.25, -0.2) is 9.37 Å². The second-order valence-corrected chi connectivity index (χ2v) is 10.2. The molecule has 4 aromatic rings. The van der Waals surface area contributed by atoms with Gasteiger partial charge in [0.1, 0.15) is 22.7 Å². The van der Waals surface area contributed by atoms with Crippen LogP contribution in [0.2, 0.25) is 5.02 Å². The summed E-state index contributed by atoms with van der Waals surface area (Å²) in [5.74, 6) is -0.480. The van der Waals surface area contributed by atoms with E-state index in [-0.39, 0.29) is 23.0 Å². The molecule has 8 nitrogen and oxygen atoms in total. The molecule has 10 heteroatoms. The summed E-state index contributed by atoms with van der Waals surface area (Å²) < 4.78 is 18.9. The van der Waals surface area contributed by atoms with Gasteiger partial charge in [-0.1, -0.05) is 11.6 Å². The number of nitrogens with zero attached hydrogens (tertiary/aromatic N) is 3. The molecular weight excluding hydrogens is 511 g/mol. The zero-order valence-corrected chi connectivity index (χ0v) is 22.4. The van der Waals surface area contributed by atoms with Gasteiger partial charge in [0.2, 0.25) is 0 Å². The molecule has 0 unspecified atom stereocenters. The molecule has 0 saturated heterocycles. The van der Waals surface area contributed by atoms with Gasteiger partial charge in [0, 0.05) is 22.1 Å². The second kappa shape index (κ2) is 10.2. The van der Waals surface area contributed by atoms with E-state index in [1.165, 1.54) is 44.4 Å². The Morgan fingerprint density at radius 3 is 2.39 bits per heavy atom. The van der Waals surface area contributed by atoms with E-state index < -0.39 is 22.9 Å². The fourth-order valence-electron chi connectivity index (χ4n) is 4.01. The molecule has 4 rings (SSSR count). The fraction of sp³-hybridized carbons (Fsp3) is 0.286. The Morgan fingerprint density at radius 2 is 1.76 bits per heavy atom. The van der Waals surface area contributed by atoms with Gasteiger partial charge in [-0.2, -0.15) is 5.10 Å². The standard InChI is InChI=1S/C28H28ClFN4O4/c1-15-10-17-11-18(12-21(38-5)24(17)34-33-15)26(35)31-14-28(4,37)22-13-20(27(2,3)36)23(29)25(32-22)16-6-8-19(30)9-7-16/h6-13,36-37H,14H2,1-5H3,(H,31,35)/t28-/m0/s1. The lowest BCUT2D eigenvalue weighted by molar-refractivity contribution is 0.0475. The normalized spacial score (nSPS) is 13.3. The van der Waals surface area contributed by atoms with Crippen LogP contribution in [-0.4, -0.2) is 45.0 Å². The number of nitrogens with one attached hydrogen (secondary N) is 1. The van der Waals surface area contributed by atoms with Crippen molar-refractivity contribution in [3.8, 4) is 17.0 Å². The fourth-order valence-corrected chi connectivity index (χ4v) is 4.45. The van der Waals surface area contributed by atoms with Crippen LogP contribution in [0.4, 0.5) is 4.39 Å². The lowest BCUT2D eigenvalue weighted by atomic mass is 9.91. The summed E-state index contributed by atoms with van der Waals surface area (Å²) >= 11 is 6.60. The Balaban J connectivity index is 1.67. The zero-order chi connectivity index (χ0) is 27.8. The Morgan fingerprint density at radius 1 is 1.08 bits per heavy atom. The van der Waals surface area contributed by atoms with Crippen LogP contribution in [0.1, 0.15) is 48.1 Å². The zero-order valence-electron chi connectivity index (χ0n) is 21.6. The van der Waals surface area contributed by atoms with Gasteiger partial charge in [0.05, 0.1) is 41.4 Å². The Bertz CT molecular complexity index is 1520. The van der Waals surface area contributed by atoms with E-state index in [1.54, 1.807) is 39.0 Å². The molecule has 2 aromatic carbocycles. The van der Waals surface area contributed by atoms with Crippen molar-refractivity contribution in [2.75, 3.05) is 13.7 Å². The van der Waals surface area contributed by atoms with Crippen molar-refractivity contribution in [1.82, 2.24) is 20.5 Å². The second-order valence-electron chi connectivity index (χ2n) is 9.84. The SMILES string of the molecule is COc1cc(C(=O)NC[C@](C)(O)c2cc(C(C)(C)O)c(Cl)c(-c3ccc(F)cc3)n2)cc2cc(C)nnc12. The van der Waals surface area contributed by atoms with Crippen molar-refractivity contribution in [3.63, 3.8) is 0 Å². The first kappa shape index (κ1) is 27.4. The molecule has 3 N–H and O–H groups in total. The van der Waals surface area contributed by atoms with Crippen LogP contribution in [0.25, 0.3) is 22.2 Å². The van der Waals surface area contributed by atoms with Crippen LogP contribution in [0, 0.1) is 12.7 Å². The highest BCUT2D eigenvalue weighted by atomic mass is 35.5. The van der Waals surface area contributed by atoms with Crippen molar-refractivity contribution in [3.05, 3.63) is 81.9 Å². The van der Waals surface area contributed by atoms with E-state index in [4.69, 9.17) is 16.3 Å². The third-order valence-corrected chi connectivity index (χ3v) is 6.52. The molecule has 0 aliphatic heterocycles. The quantitative estimate of drug-likeness (QED) is 0.313. The largest absolute Gasteiger partial charge is 0.494 e. The van der Waals surface area contributed by atoms with Crippen molar-refractivity contribution < 1.29 is 24.1 Å². The summed E-state index contributed by atoms with van der Waals surface area (Å²) in [4.78, 5) is 17.6. The van der Waals surface area contributed by atoms with Gasteiger partial charge >= 0.3 is 0 Å². The van der Waals surface area contributed by atoms with Crippen molar-refractivity contribution in [2.45, 2.75) is 38.9 Å². The Labute approximate surface area is 224 Å². The first-order chi connectivity index (χ1) is 17.8. The first-order valence-electron chi connectivity index (χ1n) is 11.8. The molecule has 38 heavy (non-hydrogen) atoms. The van der Waals surface area contributed by atoms with E-state index in [0.717, 1.165) is 0 Å². The molecule has 1 atom stereocenters. The van der Waals surface area contributed by atoms with Gasteiger partial charge in [-0.3, -0.25) is 4.79 Å². The number of fused-ring (bicyclic) bond motifs is 1. The molecule has 198 valence electrons. The minimum absolute atomic E-state index is 0.167. The number of aromatic nitrogens is 3. The lowest BCUT2D eigenvalue weighted by Crippen LogP contribution is -2.39. The number of aryl methyl sites for hydroxylation is 1. The highest BCUT2D eigenvalue weighted by molar-refractivity contribution is 6.34. The van der Waals surface area contributed by atoms with Crippen LogP contribution < -0.4 is 10.1 Å². The Hall–Kier alpha value is -3.66. The minimum Gasteiger partial charge on any atom is -0.494 e. The van der Waals surface area contributed by atoms with E-state index in [1.807, 2.05) is 0 Å². The predicted molar refractivity (Wildman–Crippen MR) is 143 cm³/mol. The number of methoxy groups -OCH3 is 1. The number of carbonyl (C=O) groups excluding carboxylic acids is 1. The number of benzene rings is 2. The smallest absolute Gasteiger partial charge is 0.251 e. The third kappa shape index (κ3) is 5.60. The van der Waals surface area contributed by atoms with Crippen molar-refractivity contribution in [1.29, 1.82) is 0 Å². The van der Waals surface area contributed by atoms with Crippen LogP contribution in [-0.2, 0) is 11.2 Å². The lowest BCUT2D eigenvalue weighted by Gasteiger charge is -2.28. The van der Waals surface area contributed by atoms with Gasteiger partial charge in [0.15, 0.2) is 0 Å². The van der Waals surface area contributed by atoms with Crippen LogP contribution in [0.3, 0.4) is 0 Å². The molecule has 0 bridgehead atoms. The summed E-state index contributed by atoms with van der Waals surface area (Å²) in [6.45, 7) is 6.20. The number of carbonyl (C=O) groups is 1. The summed E-state index contributed by atoms with van der Waals surface area (Å²) in [6, 6.07) is 12.1. The number of halogens is 2. The average Bonchev–Trinajstić information content (AvgIpc) is 2.86. The number of hydrogen-bond acceptors (Lipinski definition) is 7. The number of aliphatic hydroxyl groups is 2. The molecule has 1 amide bonds. The van der Waals surface area contributed by atoms with E-state index in [2.05, 4.69) is 20.5 Å². The molecule has 0 aliphatic carbocycles. The van der Waals surface area contributed by atoms with Crippen molar-refractivity contribution >= 4 is 28.4 Å².